The number of aromatic nitrogens is 3. The second-order valence-corrected chi connectivity index (χ2v) is 6.64. The standard InChI is InChI=1S/C22H18N6O/c29-22(27-21-19-20(24-13-23-19)25-14-26-21)17-7-3-5-15(11-17)16-6-4-8-18(12-16)28-9-1-2-10-28/h1-13,25H,14H2,(H,23,24)(H,26,27,29). The molecule has 0 unspecified atom stereocenters. The number of H-pyrrole nitrogens is 1. The topological polar surface area (TPSA) is 87.1 Å². The lowest BCUT2D eigenvalue weighted by atomic mass is 10.0. The maximum absolute atomic E-state index is 12.8. The molecule has 142 valence electrons. The molecule has 7 heteroatoms. The maximum Gasteiger partial charge on any atom is 0.256 e. The van der Waals surface area contributed by atoms with Crippen LogP contribution in [0.1, 0.15) is 16.1 Å². The summed E-state index contributed by atoms with van der Waals surface area (Å²) < 4.78 is 2.05. The normalized spacial score (nSPS) is 12.6. The van der Waals surface area contributed by atoms with Gasteiger partial charge in [0.25, 0.3) is 5.91 Å². The Bertz CT molecular complexity index is 1210. The van der Waals surface area contributed by atoms with Crippen molar-refractivity contribution in [1.29, 1.82) is 0 Å². The maximum atomic E-state index is 12.8. The first-order valence-corrected chi connectivity index (χ1v) is 9.25. The average Bonchev–Trinajstić information content (AvgIpc) is 3.46. The number of amides is 1. The average molecular weight is 382 g/mol. The van der Waals surface area contributed by atoms with Gasteiger partial charge in [0.2, 0.25) is 0 Å². The highest BCUT2D eigenvalue weighted by Gasteiger charge is 2.19. The van der Waals surface area contributed by atoms with E-state index < -0.39 is 0 Å². The first-order chi connectivity index (χ1) is 14.3. The van der Waals surface area contributed by atoms with Gasteiger partial charge in [0, 0.05) is 23.6 Å². The van der Waals surface area contributed by atoms with E-state index in [-0.39, 0.29) is 5.91 Å². The molecule has 2 aromatic heterocycles. The van der Waals surface area contributed by atoms with Gasteiger partial charge < -0.3 is 20.2 Å². The fourth-order valence-electron chi connectivity index (χ4n) is 3.36. The summed E-state index contributed by atoms with van der Waals surface area (Å²) in [6, 6.07) is 19.8. The van der Waals surface area contributed by atoms with Gasteiger partial charge in [-0.2, -0.15) is 0 Å². The van der Waals surface area contributed by atoms with Crippen LogP contribution in [-0.4, -0.2) is 32.9 Å². The summed E-state index contributed by atoms with van der Waals surface area (Å²) in [5.74, 6) is 0.960. The van der Waals surface area contributed by atoms with Gasteiger partial charge >= 0.3 is 0 Å². The molecule has 0 spiro atoms. The van der Waals surface area contributed by atoms with Crippen molar-refractivity contribution >= 4 is 17.6 Å². The third-order valence-corrected chi connectivity index (χ3v) is 4.80. The molecule has 4 aromatic rings. The number of carbonyl (C=O) groups excluding carboxylic acids is 1. The second-order valence-electron chi connectivity index (χ2n) is 6.64. The number of benzene rings is 2. The molecule has 29 heavy (non-hydrogen) atoms. The third kappa shape index (κ3) is 3.29. The molecule has 2 aromatic carbocycles. The number of nitrogens with one attached hydrogen (secondary N) is 3. The molecule has 3 heterocycles. The van der Waals surface area contributed by atoms with Crippen LogP contribution in [-0.2, 0) is 0 Å². The van der Waals surface area contributed by atoms with Crippen LogP contribution in [0.3, 0.4) is 0 Å². The van der Waals surface area contributed by atoms with E-state index >= 15 is 0 Å². The molecular formula is C22H18N6O. The van der Waals surface area contributed by atoms with Crippen molar-refractivity contribution in [3.8, 4) is 16.8 Å². The summed E-state index contributed by atoms with van der Waals surface area (Å²) in [6.45, 7) is 0.375. The Morgan fingerprint density at radius 3 is 2.66 bits per heavy atom. The van der Waals surface area contributed by atoms with Crippen molar-refractivity contribution in [2.75, 3.05) is 12.0 Å². The van der Waals surface area contributed by atoms with Crippen LogP contribution >= 0.6 is 0 Å². The Morgan fingerprint density at radius 2 is 1.79 bits per heavy atom. The molecule has 5 rings (SSSR count). The molecule has 1 aliphatic rings. The molecule has 3 N–H and O–H groups in total. The number of anilines is 1. The van der Waals surface area contributed by atoms with E-state index in [0.29, 0.717) is 29.6 Å². The molecule has 0 saturated heterocycles. The smallest absolute Gasteiger partial charge is 0.256 e. The van der Waals surface area contributed by atoms with Crippen LogP contribution in [0.4, 0.5) is 5.82 Å². The molecule has 0 atom stereocenters. The molecule has 0 saturated carbocycles. The Morgan fingerprint density at radius 1 is 1.00 bits per heavy atom. The number of amidine groups is 1. The fraction of sp³-hybridized carbons (Fsp3) is 0.0455. The summed E-state index contributed by atoms with van der Waals surface area (Å²) in [5.41, 5.74) is 4.33. The van der Waals surface area contributed by atoms with Crippen LogP contribution in [0, 0.1) is 0 Å². The summed E-state index contributed by atoms with van der Waals surface area (Å²) in [4.78, 5) is 24.3. The molecule has 0 bridgehead atoms. The summed E-state index contributed by atoms with van der Waals surface area (Å²) >= 11 is 0. The van der Waals surface area contributed by atoms with Crippen LogP contribution in [0.2, 0.25) is 0 Å². The van der Waals surface area contributed by atoms with Gasteiger partial charge in [-0.15, -0.1) is 0 Å². The van der Waals surface area contributed by atoms with Gasteiger partial charge in [-0.1, -0.05) is 24.3 Å². The van der Waals surface area contributed by atoms with Crippen molar-refractivity contribution in [3.05, 3.63) is 90.6 Å². The van der Waals surface area contributed by atoms with Crippen molar-refractivity contribution in [3.63, 3.8) is 0 Å². The molecule has 1 aliphatic heterocycles. The third-order valence-electron chi connectivity index (χ3n) is 4.80. The number of aromatic amines is 1. The van der Waals surface area contributed by atoms with E-state index in [1.54, 1.807) is 12.4 Å². The number of fused-ring (bicyclic) bond motifs is 1. The predicted octanol–water partition coefficient (Wildman–Crippen LogP) is 3.43. The Hall–Kier alpha value is -4.13. The summed E-state index contributed by atoms with van der Waals surface area (Å²) in [6.07, 6.45) is 5.59. The Balaban J connectivity index is 1.41. The van der Waals surface area contributed by atoms with E-state index in [0.717, 1.165) is 16.8 Å². The highest BCUT2D eigenvalue weighted by atomic mass is 16.1. The van der Waals surface area contributed by atoms with Crippen LogP contribution in [0.15, 0.2) is 84.4 Å². The molecule has 1 amide bonds. The lowest BCUT2D eigenvalue weighted by Gasteiger charge is -2.14. The predicted molar refractivity (Wildman–Crippen MR) is 112 cm³/mol. The van der Waals surface area contributed by atoms with E-state index in [9.17, 15) is 4.79 Å². The van der Waals surface area contributed by atoms with E-state index in [1.165, 1.54) is 0 Å². The molecular weight excluding hydrogens is 364 g/mol. The number of aliphatic imine (C=N–C) groups is 1. The van der Waals surface area contributed by atoms with Crippen LogP contribution < -0.4 is 10.6 Å². The van der Waals surface area contributed by atoms with Crippen molar-refractivity contribution < 1.29 is 4.79 Å². The van der Waals surface area contributed by atoms with Crippen LogP contribution in [0.25, 0.3) is 16.8 Å². The lowest BCUT2D eigenvalue weighted by Crippen LogP contribution is -2.34. The zero-order valence-electron chi connectivity index (χ0n) is 15.5. The number of rotatable bonds is 3. The van der Waals surface area contributed by atoms with Gasteiger partial charge in [-0.3, -0.25) is 4.79 Å². The SMILES string of the molecule is O=C(NC1=NCNc2nc[nH]c21)c1cccc(-c2cccc(-n3cccc3)c2)c1. The highest BCUT2D eigenvalue weighted by molar-refractivity contribution is 6.14. The molecule has 0 aliphatic carbocycles. The number of hydrogen-bond donors (Lipinski definition) is 3. The van der Waals surface area contributed by atoms with Gasteiger partial charge in [-0.05, 0) is 47.5 Å². The van der Waals surface area contributed by atoms with E-state index in [1.807, 2.05) is 54.9 Å². The van der Waals surface area contributed by atoms with Crippen molar-refractivity contribution in [1.82, 2.24) is 19.9 Å². The largest absolute Gasteiger partial charge is 0.349 e. The first kappa shape index (κ1) is 17.0. The van der Waals surface area contributed by atoms with Gasteiger partial charge in [0.1, 0.15) is 12.4 Å². The summed E-state index contributed by atoms with van der Waals surface area (Å²) in [5, 5.41) is 5.94. The summed E-state index contributed by atoms with van der Waals surface area (Å²) in [7, 11) is 0. The lowest BCUT2D eigenvalue weighted by molar-refractivity contribution is 0.0977. The van der Waals surface area contributed by atoms with Gasteiger partial charge in [0.15, 0.2) is 11.7 Å². The van der Waals surface area contributed by atoms with Crippen molar-refractivity contribution in [2.45, 2.75) is 0 Å². The number of imidazole rings is 1. The first-order valence-electron chi connectivity index (χ1n) is 9.25. The molecule has 7 nitrogen and oxygen atoms in total. The van der Waals surface area contributed by atoms with Gasteiger partial charge in [-0.25, -0.2) is 9.98 Å². The minimum atomic E-state index is -0.213. The minimum Gasteiger partial charge on any atom is -0.349 e. The van der Waals surface area contributed by atoms with Crippen molar-refractivity contribution in [2.24, 2.45) is 4.99 Å². The monoisotopic (exact) mass is 382 g/mol. The minimum absolute atomic E-state index is 0.213. The van der Waals surface area contributed by atoms with E-state index in [4.69, 9.17) is 0 Å². The zero-order chi connectivity index (χ0) is 19.6. The van der Waals surface area contributed by atoms with Crippen LogP contribution in [0.5, 0.6) is 0 Å². The quantitative estimate of drug-likeness (QED) is 0.507. The Kier molecular flexibility index (Phi) is 4.18. The van der Waals surface area contributed by atoms with E-state index in [2.05, 4.69) is 42.3 Å². The molecule has 0 radical (unpaired) electrons. The second kappa shape index (κ2) is 7.12. The number of nitrogens with zero attached hydrogens (tertiary/aromatic N) is 3. The molecule has 0 fully saturated rings. The highest BCUT2D eigenvalue weighted by Crippen LogP contribution is 2.23. The zero-order valence-corrected chi connectivity index (χ0v) is 15.5. The number of hydrogen-bond acceptors (Lipinski definition) is 4. The Labute approximate surface area is 167 Å². The van der Waals surface area contributed by atoms with Gasteiger partial charge in [0.05, 0.1) is 6.33 Å². The number of carbonyl (C=O) groups is 1. The fourth-order valence-corrected chi connectivity index (χ4v) is 3.36.